The minimum atomic E-state index is 0.183. The average Bonchev–Trinajstić information content (AvgIpc) is 3.52. The van der Waals surface area contributed by atoms with Crippen molar-refractivity contribution in [3.8, 4) is 22.4 Å². The number of pyridine rings is 1. The van der Waals surface area contributed by atoms with E-state index in [0.29, 0.717) is 0 Å². The highest BCUT2D eigenvalue weighted by atomic mass is 32.1. The number of hydrogen-bond acceptors (Lipinski definition) is 2. The van der Waals surface area contributed by atoms with Gasteiger partial charge in [-0.2, -0.15) is 0 Å². The minimum Gasteiger partial charge on any atom is -0.256 e. The van der Waals surface area contributed by atoms with Gasteiger partial charge in [-0.3, -0.25) is 4.98 Å². The predicted molar refractivity (Wildman–Crippen MR) is 152 cm³/mol. The van der Waals surface area contributed by atoms with Gasteiger partial charge >= 0.3 is 0 Å². The van der Waals surface area contributed by atoms with Crippen LogP contribution >= 0.6 is 11.3 Å². The van der Waals surface area contributed by atoms with E-state index in [-0.39, 0.29) is 5.41 Å². The van der Waals surface area contributed by atoms with E-state index in [2.05, 4.69) is 94.4 Å². The number of fused-ring (bicyclic) bond motifs is 3. The third-order valence-electron chi connectivity index (χ3n) is 8.42. The quantitative estimate of drug-likeness (QED) is 0.252. The van der Waals surface area contributed by atoms with E-state index in [1.54, 1.807) is 0 Å². The predicted octanol–water partition coefficient (Wildman–Crippen LogP) is 9.87. The topological polar surface area (TPSA) is 12.9 Å². The Morgan fingerprint density at radius 1 is 0.829 bits per heavy atom. The molecule has 1 saturated carbocycles. The SMILES string of the molecule is Cc1cccc(C)c1-c1ccc2c(c1)sc1c(-c3cc(C(C)(C)C4CCCC4)ccn3)cccc12. The summed E-state index contributed by atoms with van der Waals surface area (Å²) in [5.41, 5.74) is 9.28. The summed E-state index contributed by atoms with van der Waals surface area (Å²) in [5.74, 6) is 0.765. The van der Waals surface area contributed by atoms with Crippen molar-refractivity contribution >= 4 is 31.5 Å². The summed E-state index contributed by atoms with van der Waals surface area (Å²) in [6, 6.07) is 24.9. The fraction of sp³-hybridized carbons (Fsp3) is 0.303. The number of benzene rings is 3. The first kappa shape index (κ1) is 22.5. The number of aromatic nitrogens is 1. The van der Waals surface area contributed by atoms with Gasteiger partial charge in [0, 0.05) is 31.9 Å². The highest BCUT2D eigenvalue weighted by molar-refractivity contribution is 7.26. The number of aryl methyl sites for hydroxylation is 2. The van der Waals surface area contributed by atoms with Gasteiger partial charge in [0.15, 0.2) is 0 Å². The minimum absolute atomic E-state index is 0.183. The van der Waals surface area contributed by atoms with E-state index >= 15 is 0 Å². The Morgan fingerprint density at radius 3 is 2.34 bits per heavy atom. The van der Waals surface area contributed by atoms with E-state index in [0.717, 1.165) is 11.6 Å². The lowest BCUT2D eigenvalue weighted by Crippen LogP contribution is -2.26. The number of nitrogens with zero attached hydrogens (tertiary/aromatic N) is 1. The smallest absolute Gasteiger partial charge is 0.0719 e. The normalized spacial score (nSPS) is 14.9. The maximum atomic E-state index is 4.87. The summed E-state index contributed by atoms with van der Waals surface area (Å²) in [6.07, 6.45) is 7.46. The molecule has 1 fully saturated rings. The fourth-order valence-corrected chi connectivity index (χ4v) is 7.55. The van der Waals surface area contributed by atoms with Gasteiger partial charge in [0.1, 0.15) is 0 Å². The van der Waals surface area contributed by atoms with Crippen LogP contribution in [-0.4, -0.2) is 4.98 Å². The molecule has 176 valence electrons. The van der Waals surface area contributed by atoms with E-state index < -0.39 is 0 Å². The lowest BCUT2D eigenvalue weighted by molar-refractivity contribution is 0.325. The Kier molecular flexibility index (Phi) is 5.53. The molecule has 0 radical (unpaired) electrons. The second-order valence-electron chi connectivity index (χ2n) is 10.9. The van der Waals surface area contributed by atoms with Crippen LogP contribution in [0, 0.1) is 19.8 Å². The van der Waals surface area contributed by atoms with E-state index in [4.69, 9.17) is 4.98 Å². The van der Waals surface area contributed by atoms with Crippen molar-refractivity contribution < 1.29 is 0 Å². The molecular formula is C33H33NS. The van der Waals surface area contributed by atoms with Crippen LogP contribution in [0.15, 0.2) is 72.9 Å². The summed E-state index contributed by atoms with van der Waals surface area (Å²) in [6.45, 7) is 9.27. The van der Waals surface area contributed by atoms with E-state index in [9.17, 15) is 0 Å². The fourth-order valence-electron chi connectivity index (χ4n) is 6.29. The summed E-state index contributed by atoms with van der Waals surface area (Å²) >= 11 is 1.90. The molecule has 0 unspecified atom stereocenters. The van der Waals surface area contributed by atoms with Crippen molar-refractivity contribution in [1.29, 1.82) is 0 Å². The Bertz CT molecular complexity index is 1530. The first-order chi connectivity index (χ1) is 16.9. The molecule has 2 heterocycles. The molecule has 0 N–H and O–H groups in total. The van der Waals surface area contributed by atoms with E-state index in [1.807, 2.05) is 17.5 Å². The van der Waals surface area contributed by atoms with Crippen LogP contribution in [0.1, 0.15) is 56.2 Å². The number of hydrogen-bond donors (Lipinski definition) is 0. The molecule has 0 saturated heterocycles. The van der Waals surface area contributed by atoms with Gasteiger partial charge in [-0.05, 0) is 84.0 Å². The Labute approximate surface area is 212 Å². The van der Waals surface area contributed by atoms with Crippen molar-refractivity contribution in [2.75, 3.05) is 0 Å². The second kappa shape index (κ2) is 8.60. The molecule has 0 spiro atoms. The molecule has 0 atom stereocenters. The van der Waals surface area contributed by atoms with Gasteiger partial charge in [0.2, 0.25) is 0 Å². The van der Waals surface area contributed by atoms with Crippen molar-refractivity contribution in [3.05, 3.63) is 89.6 Å². The molecule has 0 amide bonds. The van der Waals surface area contributed by atoms with Crippen LogP contribution < -0.4 is 0 Å². The summed E-state index contributed by atoms with van der Waals surface area (Å²) in [5, 5.41) is 2.67. The Hall–Kier alpha value is -2.97. The van der Waals surface area contributed by atoms with Crippen LogP contribution in [0.5, 0.6) is 0 Å². The zero-order chi connectivity index (χ0) is 24.2. The maximum absolute atomic E-state index is 4.87. The van der Waals surface area contributed by atoms with Crippen LogP contribution in [0.4, 0.5) is 0 Å². The largest absolute Gasteiger partial charge is 0.256 e. The highest BCUT2D eigenvalue weighted by Crippen LogP contribution is 2.44. The van der Waals surface area contributed by atoms with Crippen LogP contribution in [0.3, 0.4) is 0 Å². The Balaban J connectivity index is 1.48. The van der Waals surface area contributed by atoms with Gasteiger partial charge < -0.3 is 0 Å². The van der Waals surface area contributed by atoms with Crippen LogP contribution in [0.2, 0.25) is 0 Å². The van der Waals surface area contributed by atoms with Gasteiger partial charge in [-0.1, -0.05) is 75.2 Å². The molecule has 35 heavy (non-hydrogen) atoms. The molecule has 6 rings (SSSR count). The first-order valence-corrected chi connectivity index (χ1v) is 13.7. The monoisotopic (exact) mass is 475 g/mol. The lowest BCUT2D eigenvalue weighted by Gasteiger charge is -2.32. The van der Waals surface area contributed by atoms with E-state index in [1.165, 1.54) is 79.2 Å². The first-order valence-electron chi connectivity index (χ1n) is 12.9. The molecule has 3 aromatic carbocycles. The molecule has 0 aliphatic heterocycles. The molecule has 5 aromatic rings. The summed E-state index contributed by atoms with van der Waals surface area (Å²) < 4.78 is 2.68. The summed E-state index contributed by atoms with van der Waals surface area (Å²) in [4.78, 5) is 4.87. The maximum Gasteiger partial charge on any atom is 0.0719 e. The number of rotatable bonds is 4. The third kappa shape index (κ3) is 3.79. The third-order valence-corrected chi connectivity index (χ3v) is 9.63. The number of thiophene rings is 1. The molecule has 2 heteroatoms. The second-order valence-corrected chi connectivity index (χ2v) is 11.9. The van der Waals surface area contributed by atoms with Gasteiger partial charge in [0.05, 0.1) is 5.69 Å². The standard InChI is InChI=1S/C33H33NS/c1-21-9-7-10-22(2)31(21)23-15-16-26-27-13-8-14-28(32(27)35-30(26)19-23)29-20-25(17-18-34-29)33(3,4)24-11-5-6-12-24/h7-10,13-20,24H,5-6,11-12H2,1-4H3. The van der Waals surface area contributed by atoms with Gasteiger partial charge in [-0.25, -0.2) is 0 Å². The Morgan fingerprint density at radius 2 is 1.57 bits per heavy atom. The van der Waals surface area contributed by atoms with Gasteiger partial charge in [0.25, 0.3) is 0 Å². The molecule has 1 aliphatic rings. The molecule has 0 bridgehead atoms. The highest BCUT2D eigenvalue weighted by Gasteiger charge is 2.33. The average molecular weight is 476 g/mol. The van der Waals surface area contributed by atoms with Gasteiger partial charge in [-0.15, -0.1) is 11.3 Å². The molecule has 1 nitrogen and oxygen atoms in total. The molecular weight excluding hydrogens is 442 g/mol. The zero-order valence-electron chi connectivity index (χ0n) is 21.2. The molecule has 2 aromatic heterocycles. The van der Waals surface area contributed by atoms with Crippen LogP contribution in [0.25, 0.3) is 42.6 Å². The van der Waals surface area contributed by atoms with Crippen LogP contribution in [-0.2, 0) is 5.41 Å². The van der Waals surface area contributed by atoms with Crippen molar-refractivity contribution in [2.45, 2.75) is 58.8 Å². The lowest BCUT2D eigenvalue weighted by atomic mass is 9.72. The van der Waals surface area contributed by atoms with Crippen molar-refractivity contribution in [1.82, 2.24) is 4.98 Å². The summed E-state index contributed by atoms with van der Waals surface area (Å²) in [7, 11) is 0. The zero-order valence-corrected chi connectivity index (χ0v) is 22.0. The van der Waals surface area contributed by atoms with Crippen molar-refractivity contribution in [3.63, 3.8) is 0 Å². The van der Waals surface area contributed by atoms with Crippen molar-refractivity contribution in [2.24, 2.45) is 5.92 Å². The molecule has 1 aliphatic carbocycles.